The molecule has 0 aliphatic rings. The van der Waals surface area contributed by atoms with E-state index in [4.69, 9.17) is 0 Å². The number of benzene rings is 2. The fourth-order valence-electron chi connectivity index (χ4n) is 1.91. The van der Waals surface area contributed by atoms with Gasteiger partial charge in [-0.25, -0.2) is 0 Å². The molecule has 0 N–H and O–H groups in total. The third-order valence-electron chi connectivity index (χ3n) is 3.22. The first-order valence-corrected chi connectivity index (χ1v) is 10.1. The van der Waals surface area contributed by atoms with Gasteiger partial charge in [0.1, 0.15) is 0 Å². The molecule has 0 aliphatic carbocycles. The Labute approximate surface area is 165 Å². The molecule has 0 radical (unpaired) electrons. The molecule has 0 aromatic heterocycles. The molecule has 7 nitrogen and oxygen atoms in total. The molecule has 2 aromatic carbocycles. The zero-order valence-electron chi connectivity index (χ0n) is 14.1. The lowest BCUT2D eigenvalue weighted by molar-refractivity contribution is -0.0513. The fraction of sp³-hybridized carbons (Fsp3) is 0.133. The van der Waals surface area contributed by atoms with Gasteiger partial charge in [-0.3, -0.25) is 4.79 Å². The summed E-state index contributed by atoms with van der Waals surface area (Å²) < 4.78 is 129. The quantitative estimate of drug-likeness (QED) is 0.271. The molecular weight excluding hydrogens is 470 g/mol. The highest BCUT2D eigenvalue weighted by Crippen LogP contribution is 2.39. The SMILES string of the molecule is O=C(c1ccccc1)c1cccc(OS(=O)(=O)C(F)(F)F)c1OS(=O)(=O)C(F)(F)F. The van der Waals surface area contributed by atoms with Crippen molar-refractivity contribution >= 4 is 26.0 Å². The normalized spacial score (nSPS) is 13.0. The minimum absolute atomic E-state index is 0.220. The van der Waals surface area contributed by atoms with Gasteiger partial charge in [0.2, 0.25) is 0 Å². The first-order valence-electron chi connectivity index (χ1n) is 7.31. The Bertz CT molecular complexity index is 1150. The molecule has 30 heavy (non-hydrogen) atoms. The minimum Gasteiger partial charge on any atom is -0.372 e. The van der Waals surface area contributed by atoms with Crippen molar-refractivity contribution in [2.75, 3.05) is 0 Å². The van der Waals surface area contributed by atoms with E-state index >= 15 is 0 Å². The fourth-order valence-corrected chi connectivity index (χ4v) is 2.86. The smallest absolute Gasteiger partial charge is 0.372 e. The summed E-state index contributed by atoms with van der Waals surface area (Å²) in [7, 11) is -12.9. The molecule has 0 amide bonds. The van der Waals surface area contributed by atoms with E-state index in [1.54, 1.807) is 0 Å². The van der Waals surface area contributed by atoms with E-state index in [1.807, 2.05) is 0 Å². The third-order valence-corrected chi connectivity index (χ3v) is 5.14. The molecule has 0 saturated heterocycles. The highest BCUT2D eigenvalue weighted by atomic mass is 32.2. The molecule has 0 aliphatic heterocycles. The Hall–Kier alpha value is -2.81. The van der Waals surface area contributed by atoms with Crippen molar-refractivity contribution in [1.82, 2.24) is 0 Å². The Balaban J connectivity index is 2.70. The number of hydrogen-bond donors (Lipinski definition) is 0. The van der Waals surface area contributed by atoms with E-state index in [1.165, 1.54) is 18.2 Å². The standard InChI is InChI=1S/C15H8F6O7S2/c16-14(17,18)29(23,24)27-11-8-4-7-10(12(22)9-5-2-1-3-6-9)13(11)28-30(25,26)15(19,20)21/h1-8H. The van der Waals surface area contributed by atoms with Crippen molar-refractivity contribution in [2.24, 2.45) is 0 Å². The van der Waals surface area contributed by atoms with Crippen molar-refractivity contribution in [2.45, 2.75) is 11.0 Å². The molecule has 0 saturated carbocycles. The van der Waals surface area contributed by atoms with Crippen LogP contribution < -0.4 is 8.37 Å². The molecular formula is C15H8F6O7S2. The molecule has 0 bridgehead atoms. The highest BCUT2D eigenvalue weighted by Gasteiger charge is 2.51. The molecule has 15 heteroatoms. The van der Waals surface area contributed by atoms with Crippen molar-refractivity contribution in [3.8, 4) is 11.5 Å². The topological polar surface area (TPSA) is 104 Å². The van der Waals surface area contributed by atoms with E-state index in [0.29, 0.717) is 12.1 Å². The number of carbonyl (C=O) groups is 1. The summed E-state index contributed by atoms with van der Waals surface area (Å²) >= 11 is 0. The largest absolute Gasteiger partial charge is 0.534 e. The van der Waals surface area contributed by atoms with Gasteiger partial charge in [-0.05, 0) is 12.1 Å². The molecule has 164 valence electrons. The molecule has 0 fully saturated rings. The second-order valence-corrected chi connectivity index (χ2v) is 8.37. The van der Waals surface area contributed by atoms with E-state index in [2.05, 4.69) is 8.37 Å². The van der Waals surface area contributed by atoms with Crippen LogP contribution in [0.2, 0.25) is 0 Å². The van der Waals surface area contributed by atoms with Crippen molar-refractivity contribution in [1.29, 1.82) is 0 Å². The first kappa shape index (κ1) is 23.5. The summed E-state index contributed by atoms with van der Waals surface area (Å²) in [6.45, 7) is 0. The van der Waals surface area contributed by atoms with Crippen LogP contribution in [0.15, 0.2) is 48.5 Å². The van der Waals surface area contributed by atoms with Gasteiger partial charge in [0.05, 0.1) is 5.56 Å². The first-order chi connectivity index (χ1) is 13.6. The summed E-state index contributed by atoms with van der Waals surface area (Å²) in [4.78, 5) is 12.5. The maximum Gasteiger partial charge on any atom is 0.534 e. The van der Waals surface area contributed by atoms with Crippen molar-refractivity contribution in [3.63, 3.8) is 0 Å². The number of carbonyl (C=O) groups excluding carboxylic acids is 1. The van der Waals surface area contributed by atoms with Gasteiger partial charge in [0, 0.05) is 5.56 Å². The monoisotopic (exact) mass is 478 g/mol. The number of ketones is 1. The van der Waals surface area contributed by atoms with Gasteiger partial charge >= 0.3 is 31.3 Å². The van der Waals surface area contributed by atoms with Crippen LogP contribution in [0, 0.1) is 0 Å². The number of hydrogen-bond acceptors (Lipinski definition) is 7. The van der Waals surface area contributed by atoms with E-state index in [9.17, 15) is 48.0 Å². The van der Waals surface area contributed by atoms with Crippen LogP contribution in [0.1, 0.15) is 15.9 Å². The summed E-state index contributed by atoms with van der Waals surface area (Å²) in [6, 6.07) is 8.27. The zero-order chi connectivity index (χ0) is 23.0. The predicted molar refractivity (Wildman–Crippen MR) is 87.5 cm³/mol. The lowest BCUT2D eigenvalue weighted by Crippen LogP contribution is -2.30. The summed E-state index contributed by atoms with van der Waals surface area (Å²) in [5.41, 5.74) is -13.3. The maximum absolute atomic E-state index is 12.7. The summed E-state index contributed by atoms with van der Waals surface area (Å²) in [6.07, 6.45) is 0. The van der Waals surface area contributed by atoms with Crippen LogP contribution in [-0.2, 0) is 20.2 Å². The van der Waals surface area contributed by atoms with Crippen LogP contribution >= 0.6 is 0 Å². The van der Waals surface area contributed by atoms with Crippen LogP contribution in [0.3, 0.4) is 0 Å². The van der Waals surface area contributed by atoms with Gasteiger partial charge in [-0.15, -0.1) is 0 Å². The van der Waals surface area contributed by atoms with E-state index in [0.717, 1.165) is 18.2 Å². The predicted octanol–water partition coefficient (Wildman–Crippen LogP) is 3.37. The second kappa shape index (κ2) is 7.79. The van der Waals surface area contributed by atoms with Crippen LogP contribution in [0.4, 0.5) is 26.3 Å². The van der Waals surface area contributed by atoms with Crippen LogP contribution in [0.25, 0.3) is 0 Å². The second-order valence-electron chi connectivity index (χ2n) is 5.29. The van der Waals surface area contributed by atoms with Gasteiger partial charge in [0.25, 0.3) is 0 Å². The lowest BCUT2D eigenvalue weighted by atomic mass is 10.0. The number of halogens is 6. The lowest BCUT2D eigenvalue weighted by Gasteiger charge is -2.17. The number of para-hydroxylation sites is 1. The summed E-state index contributed by atoms with van der Waals surface area (Å²) in [5, 5.41) is 0. The highest BCUT2D eigenvalue weighted by molar-refractivity contribution is 7.88. The molecule has 0 unspecified atom stereocenters. The Morgan fingerprint density at radius 1 is 0.700 bits per heavy atom. The van der Waals surface area contributed by atoms with Gasteiger partial charge in [-0.1, -0.05) is 36.4 Å². The van der Waals surface area contributed by atoms with Crippen molar-refractivity contribution in [3.05, 3.63) is 59.7 Å². The van der Waals surface area contributed by atoms with Crippen LogP contribution in [0.5, 0.6) is 11.5 Å². The minimum atomic E-state index is -6.51. The molecule has 0 heterocycles. The molecule has 0 spiro atoms. The Morgan fingerprint density at radius 3 is 1.70 bits per heavy atom. The average molecular weight is 478 g/mol. The Kier molecular flexibility index (Phi) is 6.09. The molecule has 2 rings (SSSR count). The molecule has 2 aromatic rings. The van der Waals surface area contributed by atoms with Gasteiger partial charge in [-0.2, -0.15) is 43.2 Å². The average Bonchev–Trinajstić information content (AvgIpc) is 2.61. The van der Waals surface area contributed by atoms with Crippen molar-refractivity contribution < 1.29 is 56.3 Å². The van der Waals surface area contributed by atoms with Crippen LogP contribution in [-0.4, -0.2) is 33.6 Å². The van der Waals surface area contributed by atoms with E-state index in [-0.39, 0.29) is 5.56 Å². The number of alkyl halides is 6. The number of rotatable bonds is 6. The Morgan fingerprint density at radius 2 is 1.20 bits per heavy atom. The van der Waals surface area contributed by atoms with Gasteiger partial charge in [0.15, 0.2) is 17.3 Å². The van der Waals surface area contributed by atoms with Gasteiger partial charge < -0.3 is 8.37 Å². The molecule has 0 atom stereocenters. The zero-order valence-corrected chi connectivity index (χ0v) is 15.7. The third kappa shape index (κ3) is 4.84. The maximum atomic E-state index is 12.7. The summed E-state index contributed by atoms with van der Waals surface area (Å²) in [5.74, 6) is -4.46. The van der Waals surface area contributed by atoms with E-state index < -0.39 is 54.1 Å².